The fourth-order valence-electron chi connectivity index (χ4n) is 1.68. The van der Waals surface area contributed by atoms with Gasteiger partial charge in [-0.3, -0.25) is 10.1 Å². The third-order valence-electron chi connectivity index (χ3n) is 2.58. The Bertz CT molecular complexity index is 602. The zero-order valence-corrected chi connectivity index (χ0v) is 11.1. The van der Waals surface area contributed by atoms with E-state index >= 15 is 0 Å². The Balaban J connectivity index is 2.03. The summed E-state index contributed by atoms with van der Waals surface area (Å²) in [5.41, 5.74) is 0.770. The molecule has 0 amide bonds. The number of hydrogen-bond acceptors (Lipinski definition) is 5. The second-order valence-corrected chi connectivity index (χ2v) is 4.09. The van der Waals surface area contributed by atoms with Crippen LogP contribution in [0.25, 0.3) is 0 Å². The van der Waals surface area contributed by atoms with Gasteiger partial charge in [0.1, 0.15) is 18.2 Å². The first-order valence-electron chi connectivity index (χ1n) is 6.26. The maximum Gasteiger partial charge on any atom is 0.273 e. The predicted molar refractivity (Wildman–Crippen MR) is 75.8 cm³/mol. The van der Waals surface area contributed by atoms with Crippen molar-refractivity contribution in [1.29, 1.82) is 0 Å². The highest BCUT2D eigenvalue weighted by molar-refractivity contribution is 5.38. The molecule has 0 radical (unpaired) electrons. The monoisotopic (exact) mass is 273 g/mol. The Hall–Kier alpha value is -2.63. The molecular formula is C14H15N3O3. The van der Waals surface area contributed by atoms with Crippen molar-refractivity contribution < 1.29 is 9.66 Å². The smallest absolute Gasteiger partial charge is 0.273 e. The molecule has 0 aliphatic rings. The lowest BCUT2D eigenvalue weighted by atomic mass is 10.3. The topological polar surface area (TPSA) is 77.3 Å². The first-order valence-corrected chi connectivity index (χ1v) is 6.26. The molecule has 2 rings (SSSR count). The van der Waals surface area contributed by atoms with Gasteiger partial charge < -0.3 is 10.1 Å². The molecule has 0 atom stereocenters. The number of anilines is 1. The summed E-state index contributed by atoms with van der Waals surface area (Å²) in [6.07, 6.45) is 0. The Morgan fingerprint density at radius 3 is 2.85 bits per heavy atom. The standard InChI is InChI=1S/C14H15N3O3/c1-2-15-14-8-3-5-11(16-14)10-20-13-7-4-6-12(9-13)17(18)19/h3-9H,2,10H2,1H3,(H,15,16). The van der Waals surface area contributed by atoms with E-state index in [-0.39, 0.29) is 12.3 Å². The van der Waals surface area contributed by atoms with Crippen LogP contribution in [0, 0.1) is 10.1 Å². The van der Waals surface area contributed by atoms with E-state index in [0.717, 1.165) is 18.1 Å². The Labute approximate surface area is 116 Å². The van der Waals surface area contributed by atoms with Gasteiger partial charge in [-0.2, -0.15) is 0 Å². The third kappa shape index (κ3) is 3.68. The number of hydrogen-bond donors (Lipinski definition) is 1. The average molecular weight is 273 g/mol. The number of nitro benzene ring substituents is 1. The van der Waals surface area contributed by atoms with Crippen LogP contribution in [-0.4, -0.2) is 16.5 Å². The van der Waals surface area contributed by atoms with E-state index in [2.05, 4.69) is 10.3 Å². The molecule has 1 aromatic heterocycles. The number of benzene rings is 1. The van der Waals surface area contributed by atoms with Gasteiger partial charge in [0.2, 0.25) is 0 Å². The molecule has 0 aliphatic carbocycles. The highest BCUT2D eigenvalue weighted by Gasteiger charge is 2.06. The van der Waals surface area contributed by atoms with Crippen molar-refractivity contribution in [2.75, 3.05) is 11.9 Å². The van der Waals surface area contributed by atoms with Gasteiger partial charge in [-0.15, -0.1) is 0 Å². The van der Waals surface area contributed by atoms with Gasteiger partial charge in [0.15, 0.2) is 0 Å². The van der Waals surface area contributed by atoms with Gasteiger partial charge in [-0.05, 0) is 25.1 Å². The van der Waals surface area contributed by atoms with E-state index in [1.807, 2.05) is 25.1 Å². The van der Waals surface area contributed by atoms with Crippen LogP contribution < -0.4 is 10.1 Å². The van der Waals surface area contributed by atoms with Crippen LogP contribution in [0.4, 0.5) is 11.5 Å². The van der Waals surface area contributed by atoms with E-state index in [0.29, 0.717) is 5.75 Å². The van der Waals surface area contributed by atoms with Crippen LogP contribution in [0.5, 0.6) is 5.75 Å². The summed E-state index contributed by atoms with van der Waals surface area (Å²) < 4.78 is 5.52. The molecule has 0 fully saturated rings. The van der Waals surface area contributed by atoms with Crippen molar-refractivity contribution >= 4 is 11.5 Å². The molecule has 6 nitrogen and oxygen atoms in total. The maximum atomic E-state index is 10.7. The lowest BCUT2D eigenvalue weighted by molar-refractivity contribution is -0.384. The number of ether oxygens (including phenoxy) is 1. The SMILES string of the molecule is CCNc1cccc(COc2cccc([N+](=O)[O-])c2)n1. The van der Waals surface area contributed by atoms with Gasteiger partial charge in [0.25, 0.3) is 5.69 Å². The molecule has 1 N–H and O–H groups in total. The van der Waals surface area contributed by atoms with Crippen molar-refractivity contribution in [2.45, 2.75) is 13.5 Å². The van der Waals surface area contributed by atoms with E-state index in [1.54, 1.807) is 12.1 Å². The third-order valence-corrected chi connectivity index (χ3v) is 2.58. The summed E-state index contributed by atoms with van der Waals surface area (Å²) in [6.45, 7) is 3.05. The molecule has 6 heteroatoms. The lowest BCUT2D eigenvalue weighted by Crippen LogP contribution is -2.03. The summed E-state index contributed by atoms with van der Waals surface area (Å²) in [7, 11) is 0. The van der Waals surface area contributed by atoms with Crippen LogP contribution >= 0.6 is 0 Å². The first-order chi connectivity index (χ1) is 9.69. The van der Waals surface area contributed by atoms with E-state index in [1.165, 1.54) is 12.1 Å². The zero-order chi connectivity index (χ0) is 14.4. The largest absolute Gasteiger partial charge is 0.487 e. The number of pyridine rings is 1. The summed E-state index contributed by atoms with van der Waals surface area (Å²) in [4.78, 5) is 14.6. The quantitative estimate of drug-likeness (QED) is 0.646. The minimum Gasteiger partial charge on any atom is -0.487 e. The van der Waals surface area contributed by atoms with Gasteiger partial charge in [-0.25, -0.2) is 4.98 Å². The minimum atomic E-state index is -0.448. The highest BCUT2D eigenvalue weighted by atomic mass is 16.6. The van der Waals surface area contributed by atoms with Gasteiger partial charge >= 0.3 is 0 Å². The molecular weight excluding hydrogens is 258 g/mol. The molecule has 0 unspecified atom stereocenters. The fourth-order valence-corrected chi connectivity index (χ4v) is 1.68. The second-order valence-electron chi connectivity index (χ2n) is 4.09. The molecule has 1 heterocycles. The molecule has 0 saturated carbocycles. The molecule has 0 bridgehead atoms. The number of rotatable bonds is 6. The van der Waals surface area contributed by atoms with Gasteiger partial charge in [-0.1, -0.05) is 12.1 Å². The van der Waals surface area contributed by atoms with Crippen LogP contribution in [0.2, 0.25) is 0 Å². The maximum absolute atomic E-state index is 10.7. The molecule has 2 aromatic rings. The van der Waals surface area contributed by atoms with E-state index in [9.17, 15) is 10.1 Å². The van der Waals surface area contributed by atoms with Crippen molar-refractivity contribution in [3.05, 3.63) is 58.3 Å². The molecule has 20 heavy (non-hydrogen) atoms. The minimum absolute atomic E-state index is 0.0110. The second kappa shape index (κ2) is 6.51. The zero-order valence-electron chi connectivity index (χ0n) is 11.1. The Kier molecular flexibility index (Phi) is 4.49. The molecule has 0 spiro atoms. The van der Waals surface area contributed by atoms with Crippen LogP contribution in [0.15, 0.2) is 42.5 Å². The summed E-state index contributed by atoms with van der Waals surface area (Å²) in [5, 5.41) is 13.8. The Morgan fingerprint density at radius 1 is 1.30 bits per heavy atom. The van der Waals surface area contributed by atoms with Crippen molar-refractivity contribution in [3.63, 3.8) is 0 Å². The first kappa shape index (κ1) is 13.8. The highest BCUT2D eigenvalue weighted by Crippen LogP contribution is 2.20. The lowest BCUT2D eigenvalue weighted by Gasteiger charge is -2.07. The van der Waals surface area contributed by atoms with Crippen molar-refractivity contribution in [1.82, 2.24) is 4.98 Å². The number of nitrogens with one attached hydrogen (secondary N) is 1. The predicted octanol–water partition coefficient (Wildman–Crippen LogP) is 3.00. The van der Waals surface area contributed by atoms with Crippen molar-refractivity contribution in [3.8, 4) is 5.75 Å². The van der Waals surface area contributed by atoms with Crippen LogP contribution in [0.3, 0.4) is 0 Å². The number of nitro groups is 1. The van der Waals surface area contributed by atoms with Crippen LogP contribution in [-0.2, 0) is 6.61 Å². The number of non-ortho nitro benzene ring substituents is 1. The van der Waals surface area contributed by atoms with E-state index in [4.69, 9.17) is 4.74 Å². The Morgan fingerprint density at radius 2 is 2.10 bits per heavy atom. The molecule has 1 aromatic carbocycles. The van der Waals surface area contributed by atoms with Gasteiger partial charge in [0.05, 0.1) is 16.7 Å². The van der Waals surface area contributed by atoms with Crippen molar-refractivity contribution in [2.24, 2.45) is 0 Å². The summed E-state index contributed by atoms with van der Waals surface area (Å²) in [6, 6.07) is 11.7. The fraction of sp³-hybridized carbons (Fsp3) is 0.214. The molecule has 0 saturated heterocycles. The number of nitrogens with zero attached hydrogens (tertiary/aromatic N) is 2. The molecule has 104 valence electrons. The average Bonchev–Trinajstić information content (AvgIpc) is 2.46. The summed E-state index contributed by atoms with van der Waals surface area (Å²) >= 11 is 0. The van der Waals surface area contributed by atoms with Crippen LogP contribution in [0.1, 0.15) is 12.6 Å². The normalized spacial score (nSPS) is 10.1. The molecule has 0 aliphatic heterocycles. The number of aromatic nitrogens is 1. The van der Waals surface area contributed by atoms with Gasteiger partial charge in [0, 0.05) is 12.6 Å². The summed E-state index contributed by atoms with van der Waals surface area (Å²) in [5.74, 6) is 1.24. The van der Waals surface area contributed by atoms with E-state index < -0.39 is 4.92 Å².